The third kappa shape index (κ3) is 3.60. The zero-order valence-electron chi connectivity index (χ0n) is 13.9. The number of benzene rings is 2. The highest BCUT2D eigenvalue weighted by atomic mass is 16.5. The minimum absolute atomic E-state index is 0.443. The average Bonchev–Trinajstić information content (AvgIpc) is 2.96. The van der Waals surface area contributed by atoms with E-state index in [4.69, 9.17) is 15.2 Å². The molecule has 2 aromatic carbocycles. The first-order valence-electron chi connectivity index (χ1n) is 7.71. The van der Waals surface area contributed by atoms with Gasteiger partial charge in [-0.15, -0.1) is 10.2 Å². The molecule has 7 heteroatoms. The molecular formula is C18H18N4O3. The highest BCUT2D eigenvalue weighted by Gasteiger charge is 2.15. The molecule has 0 saturated carbocycles. The summed E-state index contributed by atoms with van der Waals surface area (Å²) in [6.07, 6.45) is -0.768. The Bertz CT molecular complexity index is 916. The van der Waals surface area contributed by atoms with E-state index in [0.717, 1.165) is 10.8 Å². The Morgan fingerprint density at radius 3 is 2.40 bits per heavy atom. The van der Waals surface area contributed by atoms with Gasteiger partial charge in [0.2, 0.25) is 0 Å². The molecule has 1 atom stereocenters. The summed E-state index contributed by atoms with van der Waals surface area (Å²) in [5, 5.41) is 9.37. The van der Waals surface area contributed by atoms with Gasteiger partial charge < -0.3 is 20.2 Å². The monoisotopic (exact) mass is 338 g/mol. The number of nitrogen functional groups attached to an aromatic ring is 1. The lowest BCUT2D eigenvalue weighted by atomic mass is 10.2. The van der Waals surface area contributed by atoms with Gasteiger partial charge in [-0.3, -0.25) is 4.79 Å². The van der Waals surface area contributed by atoms with Gasteiger partial charge in [-0.1, -0.05) is 24.3 Å². The van der Waals surface area contributed by atoms with E-state index in [1.54, 1.807) is 38.3 Å². The smallest absolute Gasteiger partial charge is 0.304 e. The van der Waals surface area contributed by atoms with Crippen molar-refractivity contribution in [3.05, 3.63) is 48.5 Å². The normalized spacial score (nSPS) is 12.4. The number of anilines is 1. The number of hydrogen-bond donors (Lipinski definition) is 2. The van der Waals surface area contributed by atoms with Crippen molar-refractivity contribution in [2.24, 2.45) is 10.2 Å². The average molecular weight is 338 g/mol. The molecule has 0 bridgehead atoms. The topological polar surface area (TPSA) is 102 Å². The van der Waals surface area contributed by atoms with Crippen molar-refractivity contribution in [3.63, 3.8) is 0 Å². The summed E-state index contributed by atoms with van der Waals surface area (Å²) in [4.78, 5) is 15.1. The van der Waals surface area contributed by atoms with E-state index in [1.807, 2.05) is 24.3 Å². The summed E-state index contributed by atoms with van der Waals surface area (Å²) in [6.45, 7) is 1.62. The van der Waals surface area contributed by atoms with E-state index >= 15 is 0 Å². The highest BCUT2D eigenvalue weighted by molar-refractivity contribution is 5.99. The predicted molar refractivity (Wildman–Crippen MR) is 95.3 cm³/mol. The molecular weight excluding hydrogens is 320 g/mol. The molecule has 7 nitrogen and oxygen atoms in total. The lowest BCUT2D eigenvalue weighted by Crippen LogP contribution is -2.21. The highest BCUT2D eigenvalue weighted by Crippen LogP contribution is 2.30. The zero-order valence-corrected chi connectivity index (χ0v) is 13.9. The molecule has 0 aliphatic rings. The van der Waals surface area contributed by atoms with E-state index in [-0.39, 0.29) is 0 Å². The van der Waals surface area contributed by atoms with E-state index in [9.17, 15) is 4.79 Å². The van der Waals surface area contributed by atoms with Crippen LogP contribution in [-0.2, 0) is 4.79 Å². The quantitative estimate of drug-likeness (QED) is 0.690. The third-order valence-electron chi connectivity index (χ3n) is 3.69. The maximum atomic E-state index is 12.1. The van der Waals surface area contributed by atoms with Crippen LogP contribution in [0.3, 0.4) is 0 Å². The number of aromatic nitrogens is 1. The SMILES string of the molecule is COc1ccc(O[C@H](C)C(=O)N=Nc2[nH]c(N)c3ccccc23)cc1. The van der Waals surface area contributed by atoms with Crippen LogP contribution in [0.5, 0.6) is 11.5 Å². The van der Waals surface area contributed by atoms with Crippen LogP contribution in [0.1, 0.15) is 6.92 Å². The number of azo groups is 1. The van der Waals surface area contributed by atoms with Gasteiger partial charge in [-0.2, -0.15) is 0 Å². The second-order valence-electron chi connectivity index (χ2n) is 5.41. The molecule has 0 unspecified atom stereocenters. The molecule has 25 heavy (non-hydrogen) atoms. The van der Waals surface area contributed by atoms with Crippen molar-refractivity contribution < 1.29 is 14.3 Å². The standard InChI is InChI=1S/C18H18N4O3/c1-11(25-13-9-7-12(24-2)8-10-13)18(23)22-21-17-15-6-4-3-5-14(15)16(19)20-17/h3-11,20H,19H2,1-2H3/t11-/m1/s1. The second-order valence-corrected chi connectivity index (χ2v) is 5.41. The maximum Gasteiger partial charge on any atom is 0.304 e. The summed E-state index contributed by atoms with van der Waals surface area (Å²) in [5.74, 6) is 1.69. The van der Waals surface area contributed by atoms with Gasteiger partial charge in [0.05, 0.1) is 7.11 Å². The zero-order chi connectivity index (χ0) is 17.8. The molecule has 3 N–H and O–H groups in total. The van der Waals surface area contributed by atoms with Crippen LogP contribution in [0.2, 0.25) is 0 Å². The van der Waals surface area contributed by atoms with Crippen molar-refractivity contribution in [2.75, 3.05) is 12.8 Å². The molecule has 1 aromatic heterocycles. The van der Waals surface area contributed by atoms with Crippen molar-refractivity contribution in [1.29, 1.82) is 0 Å². The summed E-state index contributed by atoms with van der Waals surface area (Å²) >= 11 is 0. The van der Waals surface area contributed by atoms with Crippen LogP contribution >= 0.6 is 0 Å². The molecule has 3 rings (SSSR count). The minimum Gasteiger partial charge on any atom is -0.497 e. The number of hydrogen-bond acceptors (Lipinski definition) is 5. The fourth-order valence-corrected chi connectivity index (χ4v) is 2.35. The van der Waals surface area contributed by atoms with Crippen LogP contribution < -0.4 is 15.2 Å². The number of nitrogens with one attached hydrogen (secondary N) is 1. The summed E-state index contributed by atoms with van der Waals surface area (Å²) in [5.41, 5.74) is 5.89. The molecule has 0 aliphatic carbocycles. The fourth-order valence-electron chi connectivity index (χ4n) is 2.35. The lowest BCUT2D eigenvalue weighted by molar-refractivity contribution is -0.124. The lowest BCUT2D eigenvalue weighted by Gasteiger charge is -2.11. The van der Waals surface area contributed by atoms with Crippen molar-refractivity contribution in [3.8, 4) is 11.5 Å². The Hall–Kier alpha value is -3.35. The van der Waals surface area contributed by atoms with Gasteiger partial charge in [0.25, 0.3) is 0 Å². The van der Waals surface area contributed by atoms with Gasteiger partial charge in [0.1, 0.15) is 17.3 Å². The summed E-state index contributed by atoms with van der Waals surface area (Å²) < 4.78 is 10.6. The Labute approximate surface area is 144 Å². The number of aromatic amines is 1. The first kappa shape index (κ1) is 16.5. The van der Waals surface area contributed by atoms with E-state index < -0.39 is 12.0 Å². The van der Waals surface area contributed by atoms with Crippen molar-refractivity contribution >= 4 is 28.3 Å². The Kier molecular flexibility index (Phi) is 4.65. The van der Waals surface area contributed by atoms with Crippen LogP contribution in [0.4, 0.5) is 11.6 Å². The summed E-state index contributed by atoms with van der Waals surface area (Å²) in [6, 6.07) is 14.4. The van der Waals surface area contributed by atoms with E-state index in [2.05, 4.69) is 15.2 Å². The van der Waals surface area contributed by atoms with Crippen molar-refractivity contribution in [1.82, 2.24) is 4.98 Å². The fraction of sp³-hybridized carbons (Fsp3) is 0.167. The van der Waals surface area contributed by atoms with Crippen LogP contribution in [0.25, 0.3) is 10.8 Å². The molecule has 0 aliphatic heterocycles. The third-order valence-corrected chi connectivity index (χ3v) is 3.69. The Morgan fingerprint density at radius 1 is 1.08 bits per heavy atom. The number of nitrogens with two attached hydrogens (primary N) is 1. The second kappa shape index (κ2) is 7.04. The number of fused-ring (bicyclic) bond motifs is 1. The Balaban J connectivity index is 1.70. The van der Waals surface area contributed by atoms with Gasteiger partial charge in [0, 0.05) is 10.8 Å². The van der Waals surface area contributed by atoms with Crippen LogP contribution in [0.15, 0.2) is 58.8 Å². The van der Waals surface area contributed by atoms with Gasteiger partial charge in [0.15, 0.2) is 11.9 Å². The molecule has 128 valence electrons. The summed E-state index contributed by atoms with van der Waals surface area (Å²) in [7, 11) is 1.58. The molecule has 0 saturated heterocycles. The van der Waals surface area contributed by atoms with Gasteiger partial charge in [-0.25, -0.2) is 0 Å². The number of amides is 1. The number of carbonyl (C=O) groups is 1. The van der Waals surface area contributed by atoms with E-state index in [1.165, 1.54) is 0 Å². The number of nitrogens with zero attached hydrogens (tertiary/aromatic N) is 2. The van der Waals surface area contributed by atoms with E-state index in [0.29, 0.717) is 23.1 Å². The number of methoxy groups -OCH3 is 1. The molecule has 0 fully saturated rings. The first-order valence-corrected chi connectivity index (χ1v) is 7.71. The van der Waals surface area contributed by atoms with Gasteiger partial charge in [-0.05, 0) is 31.2 Å². The predicted octanol–water partition coefficient (Wildman–Crippen LogP) is 3.84. The molecule has 0 spiro atoms. The van der Waals surface area contributed by atoms with Crippen LogP contribution in [0, 0.1) is 0 Å². The van der Waals surface area contributed by atoms with Crippen molar-refractivity contribution in [2.45, 2.75) is 13.0 Å². The van der Waals surface area contributed by atoms with Crippen LogP contribution in [-0.4, -0.2) is 24.1 Å². The van der Waals surface area contributed by atoms with Gasteiger partial charge >= 0.3 is 5.91 Å². The number of H-pyrrole nitrogens is 1. The number of ether oxygens (including phenoxy) is 2. The molecule has 0 radical (unpaired) electrons. The number of carbonyl (C=O) groups excluding carboxylic acids is 1. The molecule has 3 aromatic rings. The largest absolute Gasteiger partial charge is 0.497 e. The first-order chi connectivity index (χ1) is 12.1. The number of rotatable bonds is 5. The Morgan fingerprint density at radius 2 is 1.72 bits per heavy atom. The molecule has 1 amide bonds. The maximum absolute atomic E-state index is 12.1. The molecule has 1 heterocycles. The minimum atomic E-state index is -0.768.